The monoisotopic (exact) mass is 341 g/mol. The lowest BCUT2D eigenvalue weighted by atomic mass is 9.96. The molecule has 1 rings (SSSR count). The number of nitrogens with two attached hydrogens (primary N) is 1. The number of carbonyl (C=O) groups excluding carboxylic acids is 1. The SMILES string of the molecule is CCNC(=O)CN(C)C(c1ccc(Br)cc1)C(N)CC. The molecule has 4 nitrogen and oxygen atoms in total. The number of likely N-dealkylation sites (N-methyl/N-ethyl adjacent to an activating group) is 2. The molecule has 0 aliphatic carbocycles. The van der Waals surface area contributed by atoms with Crippen LogP contribution in [0.1, 0.15) is 31.9 Å². The van der Waals surface area contributed by atoms with Crippen molar-refractivity contribution in [2.75, 3.05) is 20.1 Å². The Balaban J connectivity index is 2.88. The predicted molar refractivity (Wildman–Crippen MR) is 86.5 cm³/mol. The Morgan fingerprint density at radius 1 is 1.35 bits per heavy atom. The average Bonchev–Trinajstić information content (AvgIpc) is 2.41. The minimum absolute atomic E-state index is 0.00407. The Morgan fingerprint density at radius 2 is 1.95 bits per heavy atom. The number of rotatable bonds is 7. The predicted octanol–water partition coefficient (Wildman–Crippen LogP) is 2.30. The first-order valence-electron chi connectivity index (χ1n) is 6.97. The molecule has 0 aromatic heterocycles. The standard InChI is InChI=1S/C15H24BrN3O/c1-4-13(17)15(11-6-8-12(16)9-7-11)19(3)10-14(20)18-5-2/h6-9,13,15H,4-5,10,17H2,1-3H3,(H,18,20). The molecule has 1 aromatic carbocycles. The van der Waals surface area contributed by atoms with Crippen molar-refractivity contribution in [2.24, 2.45) is 5.73 Å². The fraction of sp³-hybridized carbons (Fsp3) is 0.533. The molecule has 2 atom stereocenters. The summed E-state index contributed by atoms with van der Waals surface area (Å²) in [5.74, 6) is 0.0282. The van der Waals surface area contributed by atoms with Gasteiger partial charge < -0.3 is 11.1 Å². The van der Waals surface area contributed by atoms with Gasteiger partial charge in [0, 0.05) is 17.1 Å². The van der Waals surface area contributed by atoms with E-state index in [0.29, 0.717) is 13.1 Å². The lowest BCUT2D eigenvalue weighted by Crippen LogP contribution is -2.43. The number of halogens is 1. The molecule has 0 heterocycles. The summed E-state index contributed by atoms with van der Waals surface area (Å²) in [7, 11) is 1.94. The van der Waals surface area contributed by atoms with Gasteiger partial charge in [0.2, 0.25) is 5.91 Å². The first-order valence-corrected chi connectivity index (χ1v) is 7.76. The van der Waals surface area contributed by atoms with Crippen LogP contribution < -0.4 is 11.1 Å². The molecule has 0 saturated carbocycles. The Labute approximate surface area is 129 Å². The van der Waals surface area contributed by atoms with E-state index >= 15 is 0 Å². The molecule has 2 unspecified atom stereocenters. The van der Waals surface area contributed by atoms with E-state index in [-0.39, 0.29) is 18.0 Å². The van der Waals surface area contributed by atoms with E-state index in [9.17, 15) is 4.79 Å². The second kappa shape index (κ2) is 8.39. The molecule has 112 valence electrons. The normalized spacial score (nSPS) is 14.1. The molecule has 20 heavy (non-hydrogen) atoms. The van der Waals surface area contributed by atoms with Crippen molar-refractivity contribution in [3.8, 4) is 0 Å². The third-order valence-corrected chi connectivity index (χ3v) is 3.86. The maximum absolute atomic E-state index is 11.8. The molecule has 5 heteroatoms. The van der Waals surface area contributed by atoms with Crippen molar-refractivity contribution >= 4 is 21.8 Å². The summed E-state index contributed by atoms with van der Waals surface area (Å²) in [6.45, 7) is 4.98. The fourth-order valence-corrected chi connectivity index (χ4v) is 2.55. The van der Waals surface area contributed by atoms with Crippen LogP contribution in [-0.4, -0.2) is 37.0 Å². The molecule has 0 aliphatic rings. The highest BCUT2D eigenvalue weighted by Gasteiger charge is 2.24. The minimum Gasteiger partial charge on any atom is -0.355 e. The van der Waals surface area contributed by atoms with E-state index in [4.69, 9.17) is 5.73 Å². The molecule has 0 radical (unpaired) electrons. The van der Waals surface area contributed by atoms with Crippen molar-refractivity contribution in [3.05, 3.63) is 34.3 Å². The van der Waals surface area contributed by atoms with Crippen LogP contribution in [0, 0.1) is 0 Å². The van der Waals surface area contributed by atoms with Gasteiger partial charge in [0.25, 0.3) is 0 Å². The molecule has 0 fully saturated rings. The third kappa shape index (κ3) is 4.89. The largest absolute Gasteiger partial charge is 0.355 e. The molecular formula is C15H24BrN3O. The Hall–Kier alpha value is -0.910. The quantitative estimate of drug-likeness (QED) is 0.799. The summed E-state index contributed by atoms with van der Waals surface area (Å²) < 4.78 is 1.04. The lowest BCUT2D eigenvalue weighted by Gasteiger charge is -2.32. The number of amides is 1. The summed E-state index contributed by atoms with van der Waals surface area (Å²) in [5.41, 5.74) is 7.39. The number of hydrogen-bond donors (Lipinski definition) is 2. The first kappa shape index (κ1) is 17.1. The van der Waals surface area contributed by atoms with Gasteiger partial charge in [0.05, 0.1) is 12.6 Å². The number of nitrogens with zero attached hydrogens (tertiary/aromatic N) is 1. The van der Waals surface area contributed by atoms with Crippen LogP contribution in [-0.2, 0) is 4.79 Å². The van der Waals surface area contributed by atoms with Crippen LogP contribution in [0.15, 0.2) is 28.7 Å². The number of hydrogen-bond acceptors (Lipinski definition) is 3. The van der Waals surface area contributed by atoms with Crippen molar-refractivity contribution in [1.29, 1.82) is 0 Å². The molecule has 0 bridgehead atoms. The lowest BCUT2D eigenvalue weighted by molar-refractivity contribution is -0.122. The van der Waals surface area contributed by atoms with Gasteiger partial charge in [0.15, 0.2) is 0 Å². The van der Waals surface area contributed by atoms with Crippen molar-refractivity contribution in [2.45, 2.75) is 32.4 Å². The minimum atomic E-state index is -0.00407. The summed E-state index contributed by atoms with van der Waals surface area (Å²) in [6.07, 6.45) is 0.862. The van der Waals surface area contributed by atoms with Crippen LogP contribution in [0.2, 0.25) is 0 Å². The topological polar surface area (TPSA) is 58.4 Å². The third-order valence-electron chi connectivity index (χ3n) is 3.33. The summed E-state index contributed by atoms with van der Waals surface area (Å²) >= 11 is 3.44. The van der Waals surface area contributed by atoms with Crippen LogP contribution in [0.5, 0.6) is 0 Å². The maximum atomic E-state index is 11.8. The molecule has 0 saturated heterocycles. The number of carbonyl (C=O) groups is 1. The second-order valence-electron chi connectivity index (χ2n) is 4.94. The van der Waals surface area contributed by atoms with E-state index in [2.05, 4.69) is 40.3 Å². The van der Waals surface area contributed by atoms with Crippen LogP contribution in [0.4, 0.5) is 0 Å². The van der Waals surface area contributed by atoms with Gasteiger partial charge in [-0.3, -0.25) is 9.69 Å². The molecule has 1 amide bonds. The van der Waals surface area contributed by atoms with Gasteiger partial charge in [0.1, 0.15) is 0 Å². The van der Waals surface area contributed by atoms with Gasteiger partial charge in [-0.25, -0.2) is 0 Å². The molecular weight excluding hydrogens is 318 g/mol. The van der Waals surface area contributed by atoms with Crippen LogP contribution in [0.3, 0.4) is 0 Å². The first-order chi connectivity index (χ1) is 9.49. The summed E-state index contributed by atoms with van der Waals surface area (Å²) in [5, 5.41) is 2.82. The van der Waals surface area contributed by atoms with Crippen LogP contribution >= 0.6 is 15.9 Å². The van der Waals surface area contributed by atoms with Gasteiger partial charge in [-0.15, -0.1) is 0 Å². The van der Waals surface area contributed by atoms with Gasteiger partial charge in [-0.1, -0.05) is 35.0 Å². The highest BCUT2D eigenvalue weighted by molar-refractivity contribution is 9.10. The van der Waals surface area contributed by atoms with Crippen molar-refractivity contribution in [3.63, 3.8) is 0 Å². The Morgan fingerprint density at radius 3 is 2.45 bits per heavy atom. The Kier molecular flexibility index (Phi) is 7.19. The smallest absolute Gasteiger partial charge is 0.234 e. The summed E-state index contributed by atoms with van der Waals surface area (Å²) in [4.78, 5) is 13.8. The summed E-state index contributed by atoms with van der Waals surface area (Å²) in [6, 6.07) is 8.15. The molecule has 0 aliphatic heterocycles. The van der Waals surface area contributed by atoms with E-state index in [0.717, 1.165) is 16.5 Å². The number of nitrogens with one attached hydrogen (secondary N) is 1. The van der Waals surface area contributed by atoms with Gasteiger partial charge in [-0.2, -0.15) is 0 Å². The molecule has 3 N–H and O–H groups in total. The Bertz CT molecular complexity index is 422. The average molecular weight is 342 g/mol. The van der Waals surface area contributed by atoms with E-state index < -0.39 is 0 Å². The van der Waals surface area contributed by atoms with E-state index in [1.165, 1.54) is 0 Å². The fourth-order valence-electron chi connectivity index (χ4n) is 2.29. The zero-order chi connectivity index (χ0) is 15.1. The maximum Gasteiger partial charge on any atom is 0.234 e. The number of benzene rings is 1. The second-order valence-corrected chi connectivity index (χ2v) is 5.85. The van der Waals surface area contributed by atoms with Crippen LogP contribution in [0.25, 0.3) is 0 Å². The van der Waals surface area contributed by atoms with Gasteiger partial charge >= 0.3 is 0 Å². The van der Waals surface area contributed by atoms with E-state index in [1.807, 2.05) is 31.0 Å². The van der Waals surface area contributed by atoms with Gasteiger partial charge in [-0.05, 0) is 38.1 Å². The highest BCUT2D eigenvalue weighted by Crippen LogP contribution is 2.25. The molecule has 0 spiro atoms. The van der Waals surface area contributed by atoms with Crippen molar-refractivity contribution in [1.82, 2.24) is 10.2 Å². The zero-order valence-electron chi connectivity index (χ0n) is 12.4. The zero-order valence-corrected chi connectivity index (χ0v) is 14.0. The highest BCUT2D eigenvalue weighted by atomic mass is 79.9. The molecule has 1 aromatic rings. The van der Waals surface area contributed by atoms with E-state index in [1.54, 1.807) is 0 Å². The van der Waals surface area contributed by atoms with Crippen molar-refractivity contribution < 1.29 is 4.79 Å².